The van der Waals surface area contributed by atoms with Gasteiger partial charge in [0.2, 0.25) is 0 Å². The van der Waals surface area contributed by atoms with Crippen LogP contribution in [0.3, 0.4) is 0 Å². The largest absolute Gasteiger partial charge is 0.378 e. The van der Waals surface area contributed by atoms with Crippen molar-refractivity contribution in [3.8, 4) is 11.1 Å². The van der Waals surface area contributed by atoms with Gasteiger partial charge >= 0.3 is 0 Å². The first-order valence-corrected chi connectivity index (χ1v) is 12.4. The Labute approximate surface area is 220 Å². The van der Waals surface area contributed by atoms with Crippen molar-refractivity contribution in [2.75, 3.05) is 26.0 Å². The normalized spacial score (nSPS) is 15.2. The highest BCUT2D eigenvalue weighted by Crippen LogP contribution is 2.37. The fraction of sp³-hybridized carbons (Fsp3) is 0.179. The second-order valence-electron chi connectivity index (χ2n) is 8.91. The number of rotatable bonds is 4. The van der Waals surface area contributed by atoms with Gasteiger partial charge in [-0.25, -0.2) is 5.01 Å². The first-order chi connectivity index (χ1) is 17.4. The Morgan fingerprint density at radius 2 is 1.81 bits per heavy atom. The molecule has 5 rings (SSSR count). The molecule has 8 heteroatoms. The molecule has 1 atom stereocenters. The van der Waals surface area contributed by atoms with E-state index in [9.17, 15) is 4.79 Å². The van der Waals surface area contributed by atoms with Gasteiger partial charge in [0.05, 0.1) is 17.3 Å². The third kappa shape index (κ3) is 4.36. The lowest BCUT2D eigenvalue weighted by Crippen LogP contribution is -2.34. The number of thiocarbonyl (C=S) groups is 1. The van der Waals surface area contributed by atoms with E-state index >= 15 is 0 Å². The number of hydrazone groups is 1. The summed E-state index contributed by atoms with van der Waals surface area (Å²) in [4.78, 5) is 18.7. The molecule has 6 nitrogen and oxygen atoms in total. The van der Waals surface area contributed by atoms with Crippen LogP contribution in [0.25, 0.3) is 22.0 Å². The number of pyridine rings is 1. The fourth-order valence-corrected chi connectivity index (χ4v) is 5.00. The Morgan fingerprint density at radius 3 is 2.47 bits per heavy atom. The molecule has 0 radical (unpaired) electrons. The number of halogens is 1. The van der Waals surface area contributed by atoms with Crippen molar-refractivity contribution in [2.45, 2.75) is 12.5 Å². The van der Waals surface area contributed by atoms with Crippen LogP contribution >= 0.6 is 23.8 Å². The maximum atomic E-state index is 13.6. The fourth-order valence-electron chi connectivity index (χ4n) is 4.66. The van der Waals surface area contributed by atoms with E-state index in [1.165, 1.54) is 0 Å². The van der Waals surface area contributed by atoms with Crippen LogP contribution in [0.5, 0.6) is 0 Å². The van der Waals surface area contributed by atoms with Gasteiger partial charge in [-0.2, -0.15) is 5.10 Å². The molecular weight excluding hydrogens is 490 g/mol. The van der Waals surface area contributed by atoms with Crippen LogP contribution in [0, 0.1) is 0 Å². The number of benzene rings is 3. The number of nitrogens with zero attached hydrogens (tertiary/aromatic N) is 3. The third-order valence-electron chi connectivity index (χ3n) is 6.45. The van der Waals surface area contributed by atoms with Gasteiger partial charge in [-0.3, -0.25) is 4.79 Å². The number of aromatic amines is 1. The molecule has 1 aliphatic rings. The maximum absolute atomic E-state index is 13.6. The zero-order chi connectivity index (χ0) is 25.4. The van der Waals surface area contributed by atoms with E-state index in [0.29, 0.717) is 27.8 Å². The lowest BCUT2D eigenvalue weighted by molar-refractivity contribution is 0.367. The summed E-state index contributed by atoms with van der Waals surface area (Å²) in [6, 6.07) is 23.6. The first kappa shape index (κ1) is 24.0. The summed E-state index contributed by atoms with van der Waals surface area (Å²) in [5.41, 5.74) is 5.66. The van der Waals surface area contributed by atoms with Gasteiger partial charge in [0, 0.05) is 54.7 Å². The van der Waals surface area contributed by atoms with Gasteiger partial charge in [-0.1, -0.05) is 54.1 Å². The second kappa shape index (κ2) is 9.76. The van der Waals surface area contributed by atoms with E-state index in [0.717, 1.165) is 33.3 Å². The van der Waals surface area contributed by atoms with Crippen LogP contribution in [0.15, 0.2) is 82.7 Å². The Balaban J connectivity index is 1.69. The predicted octanol–water partition coefficient (Wildman–Crippen LogP) is 5.57. The number of anilines is 1. The van der Waals surface area contributed by atoms with Crippen molar-refractivity contribution in [3.05, 3.63) is 99.3 Å². The molecule has 182 valence electrons. The van der Waals surface area contributed by atoms with E-state index in [2.05, 4.69) is 39.5 Å². The maximum Gasteiger partial charge on any atom is 0.258 e. The van der Waals surface area contributed by atoms with Gasteiger partial charge in [0.15, 0.2) is 5.11 Å². The Hall–Kier alpha value is -3.68. The minimum absolute atomic E-state index is 0.144. The summed E-state index contributed by atoms with van der Waals surface area (Å²) in [6.07, 6.45) is 0.526. The molecule has 0 saturated heterocycles. The van der Waals surface area contributed by atoms with Crippen molar-refractivity contribution in [3.63, 3.8) is 0 Å². The van der Waals surface area contributed by atoms with Gasteiger partial charge in [-0.05, 0) is 53.7 Å². The molecule has 0 saturated carbocycles. The van der Waals surface area contributed by atoms with Crippen molar-refractivity contribution < 1.29 is 0 Å². The number of nitrogens with one attached hydrogen (secondary N) is 2. The zero-order valence-electron chi connectivity index (χ0n) is 20.2. The van der Waals surface area contributed by atoms with Crippen LogP contribution < -0.4 is 15.8 Å². The molecule has 0 amide bonds. The van der Waals surface area contributed by atoms with Gasteiger partial charge < -0.3 is 15.2 Å². The molecule has 4 aromatic rings. The minimum atomic E-state index is -0.193. The van der Waals surface area contributed by atoms with Crippen molar-refractivity contribution in [1.29, 1.82) is 0 Å². The molecule has 0 unspecified atom stereocenters. The molecule has 0 aliphatic carbocycles. The predicted molar refractivity (Wildman–Crippen MR) is 153 cm³/mol. The number of hydrogen-bond donors (Lipinski definition) is 2. The standard InChI is InChI=1S/C28H26ClN5OS/c1-30-28(36)34-24(17-9-12-20(13-10-17)33(2)3)16-23(32-34)26-25(18-7-5-4-6-8-18)21-15-19(29)11-14-22(21)31-27(26)35/h4-15,24H,16H2,1-3H3,(H,30,36)(H,31,35)/t24-/m1/s1. The minimum Gasteiger partial charge on any atom is -0.378 e. The van der Waals surface area contributed by atoms with Gasteiger partial charge in [0.25, 0.3) is 5.56 Å². The topological polar surface area (TPSA) is 63.7 Å². The number of aromatic nitrogens is 1. The highest BCUT2D eigenvalue weighted by Gasteiger charge is 2.34. The van der Waals surface area contributed by atoms with Crippen LogP contribution in [-0.2, 0) is 0 Å². The molecule has 0 bridgehead atoms. The average Bonchev–Trinajstić information content (AvgIpc) is 3.33. The smallest absolute Gasteiger partial charge is 0.258 e. The lowest BCUT2D eigenvalue weighted by atomic mass is 9.91. The van der Waals surface area contributed by atoms with Crippen molar-refractivity contribution in [1.82, 2.24) is 15.3 Å². The molecular formula is C28H26ClN5OS. The summed E-state index contributed by atoms with van der Waals surface area (Å²) in [5.74, 6) is 0. The summed E-state index contributed by atoms with van der Waals surface area (Å²) in [7, 11) is 5.80. The monoisotopic (exact) mass is 515 g/mol. The second-order valence-corrected chi connectivity index (χ2v) is 9.74. The number of fused-ring (bicyclic) bond motifs is 1. The Kier molecular flexibility index (Phi) is 6.51. The summed E-state index contributed by atoms with van der Waals surface area (Å²) in [6.45, 7) is 0. The van der Waals surface area contributed by atoms with Crippen LogP contribution in [0.4, 0.5) is 5.69 Å². The van der Waals surface area contributed by atoms with Crippen LogP contribution in [-0.4, -0.2) is 42.0 Å². The molecule has 36 heavy (non-hydrogen) atoms. The first-order valence-electron chi connectivity index (χ1n) is 11.6. The summed E-state index contributed by atoms with van der Waals surface area (Å²) >= 11 is 12.0. The van der Waals surface area contributed by atoms with Crippen molar-refractivity contribution in [2.24, 2.45) is 5.10 Å². The quantitative estimate of drug-likeness (QED) is 0.348. The number of H-pyrrole nitrogens is 1. The van der Waals surface area contributed by atoms with Crippen LogP contribution in [0.1, 0.15) is 23.6 Å². The van der Waals surface area contributed by atoms with Gasteiger partial charge in [-0.15, -0.1) is 0 Å². The summed E-state index contributed by atoms with van der Waals surface area (Å²) in [5, 5.41) is 11.7. The van der Waals surface area contributed by atoms with E-state index in [1.54, 1.807) is 18.1 Å². The molecule has 1 aromatic heterocycles. The lowest BCUT2D eigenvalue weighted by Gasteiger charge is -2.24. The summed E-state index contributed by atoms with van der Waals surface area (Å²) < 4.78 is 0. The van der Waals surface area contributed by atoms with E-state index < -0.39 is 0 Å². The van der Waals surface area contributed by atoms with E-state index in [-0.39, 0.29) is 11.6 Å². The Morgan fingerprint density at radius 1 is 1.08 bits per heavy atom. The van der Waals surface area contributed by atoms with Crippen LogP contribution in [0.2, 0.25) is 5.02 Å². The molecule has 3 aromatic carbocycles. The number of hydrogen-bond acceptors (Lipinski definition) is 4. The molecule has 0 spiro atoms. The molecule has 0 fully saturated rings. The molecule has 1 aliphatic heterocycles. The SMILES string of the molecule is CNC(=S)N1N=C(c2c(-c3ccccc3)c3cc(Cl)ccc3[nH]c2=O)C[C@@H]1c1ccc(N(C)C)cc1. The Bertz CT molecular complexity index is 1530. The van der Waals surface area contributed by atoms with Crippen molar-refractivity contribution >= 4 is 51.2 Å². The average molecular weight is 516 g/mol. The van der Waals surface area contributed by atoms with E-state index in [4.69, 9.17) is 28.9 Å². The third-order valence-corrected chi connectivity index (χ3v) is 7.08. The highest BCUT2D eigenvalue weighted by molar-refractivity contribution is 7.80. The molecule has 2 N–H and O–H groups in total. The molecule has 2 heterocycles. The zero-order valence-corrected chi connectivity index (χ0v) is 21.8. The highest BCUT2D eigenvalue weighted by atomic mass is 35.5. The van der Waals surface area contributed by atoms with E-state index in [1.807, 2.05) is 56.6 Å². The van der Waals surface area contributed by atoms with Gasteiger partial charge in [0.1, 0.15) is 0 Å².